The standard InChI is InChI=1S/C9H13BrN2S/c10-9-12-8(6-13-9)5-11-7-3-1-2-4-7/h6-7,11H,1-5H2. The van der Waals surface area contributed by atoms with Gasteiger partial charge in [-0.25, -0.2) is 4.98 Å². The van der Waals surface area contributed by atoms with Crippen LogP contribution in [-0.2, 0) is 6.54 Å². The molecular weight excluding hydrogens is 248 g/mol. The molecule has 1 aliphatic rings. The Hall–Kier alpha value is 0.0700. The molecule has 1 N–H and O–H groups in total. The summed E-state index contributed by atoms with van der Waals surface area (Å²) in [6.07, 6.45) is 5.45. The van der Waals surface area contributed by atoms with Crippen LogP contribution in [0.5, 0.6) is 0 Å². The third kappa shape index (κ3) is 2.76. The minimum Gasteiger partial charge on any atom is -0.308 e. The van der Waals surface area contributed by atoms with Crippen molar-refractivity contribution >= 4 is 27.3 Å². The second kappa shape index (κ2) is 4.53. The van der Waals surface area contributed by atoms with Crippen molar-refractivity contribution in [3.05, 3.63) is 15.0 Å². The van der Waals surface area contributed by atoms with Gasteiger partial charge >= 0.3 is 0 Å². The average molecular weight is 261 g/mol. The highest BCUT2D eigenvalue weighted by atomic mass is 79.9. The first-order valence-corrected chi connectivity index (χ1v) is 6.35. The van der Waals surface area contributed by atoms with E-state index >= 15 is 0 Å². The summed E-state index contributed by atoms with van der Waals surface area (Å²) in [7, 11) is 0. The molecule has 2 rings (SSSR count). The van der Waals surface area contributed by atoms with Crippen LogP contribution in [0, 0.1) is 0 Å². The molecule has 13 heavy (non-hydrogen) atoms. The molecule has 1 heterocycles. The molecule has 0 radical (unpaired) electrons. The Morgan fingerprint density at radius 3 is 2.92 bits per heavy atom. The van der Waals surface area contributed by atoms with Crippen LogP contribution in [0.15, 0.2) is 9.30 Å². The fourth-order valence-electron chi connectivity index (χ4n) is 1.74. The van der Waals surface area contributed by atoms with Crippen LogP contribution < -0.4 is 5.32 Å². The van der Waals surface area contributed by atoms with Crippen molar-refractivity contribution in [2.45, 2.75) is 38.3 Å². The van der Waals surface area contributed by atoms with E-state index in [1.54, 1.807) is 11.3 Å². The maximum Gasteiger partial charge on any atom is 0.159 e. The van der Waals surface area contributed by atoms with Crippen LogP contribution >= 0.6 is 27.3 Å². The zero-order valence-corrected chi connectivity index (χ0v) is 9.83. The van der Waals surface area contributed by atoms with Crippen LogP contribution in [0.2, 0.25) is 0 Å². The third-order valence-electron chi connectivity index (χ3n) is 2.45. The predicted octanol–water partition coefficient (Wildman–Crippen LogP) is 2.94. The third-order valence-corrected chi connectivity index (χ3v) is 3.86. The van der Waals surface area contributed by atoms with E-state index in [0.29, 0.717) is 0 Å². The molecule has 0 amide bonds. The zero-order chi connectivity index (χ0) is 9.10. The van der Waals surface area contributed by atoms with Gasteiger partial charge in [0.05, 0.1) is 5.69 Å². The molecule has 72 valence electrons. The number of halogens is 1. The first kappa shape index (κ1) is 9.62. The summed E-state index contributed by atoms with van der Waals surface area (Å²) in [5, 5.41) is 5.64. The SMILES string of the molecule is Brc1nc(CNC2CCCC2)cs1. The summed E-state index contributed by atoms with van der Waals surface area (Å²) in [5.41, 5.74) is 1.16. The van der Waals surface area contributed by atoms with Gasteiger partial charge in [-0.3, -0.25) is 0 Å². The predicted molar refractivity (Wildman–Crippen MR) is 58.9 cm³/mol. The van der Waals surface area contributed by atoms with Crippen LogP contribution in [0.4, 0.5) is 0 Å². The zero-order valence-electron chi connectivity index (χ0n) is 7.42. The quantitative estimate of drug-likeness (QED) is 0.904. The van der Waals surface area contributed by atoms with Gasteiger partial charge in [0.1, 0.15) is 0 Å². The van der Waals surface area contributed by atoms with Crippen molar-refractivity contribution in [3.8, 4) is 0 Å². The van der Waals surface area contributed by atoms with Gasteiger partial charge in [0.2, 0.25) is 0 Å². The maximum atomic E-state index is 4.34. The Morgan fingerprint density at radius 1 is 1.54 bits per heavy atom. The lowest BCUT2D eigenvalue weighted by molar-refractivity contribution is 0.520. The van der Waals surface area contributed by atoms with Crippen molar-refractivity contribution in [2.24, 2.45) is 0 Å². The van der Waals surface area contributed by atoms with Gasteiger partial charge < -0.3 is 5.32 Å². The highest BCUT2D eigenvalue weighted by molar-refractivity contribution is 9.11. The molecule has 1 fully saturated rings. The Bertz CT molecular complexity index is 268. The molecule has 0 aromatic carbocycles. The normalized spacial score (nSPS) is 18.2. The molecule has 0 aliphatic heterocycles. The van der Waals surface area contributed by atoms with E-state index in [0.717, 1.165) is 22.2 Å². The van der Waals surface area contributed by atoms with Gasteiger partial charge in [0.25, 0.3) is 0 Å². The number of hydrogen-bond acceptors (Lipinski definition) is 3. The van der Waals surface area contributed by atoms with Crippen LogP contribution in [-0.4, -0.2) is 11.0 Å². The van der Waals surface area contributed by atoms with Crippen molar-refractivity contribution < 1.29 is 0 Å². The number of rotatable bonds is 3. The van der Waals surface area contributed by atoms with E-state index in [1.165, 1.54) is 25.7 Å². The first-order chi connectivity index (χ1) is 6.34. The molecule has 0 spiro atoms. The molecular formula is C9H13BrN2S. The molecule has 0 saturated heterocycles. The molecule has 0 atom stereocenters. The highest BCUT2D eigenvalue weighted by Crippen LogP contribution is 2.19. The fraction of sp³-hybridized carbons (Fsp3) is 0.667. The van der Waals surface area contributed by atoms with Crippen molar-refractivity contribution in [3.63, 3.8) is 0 Å². The number of nitrogens with zero attached hydrogens (tertiary/aromatic N) is 1. The van der Waals surface area contributed by atoms with E-state index < -0.39 is 0 Å². The Labute approximate surface area is 90.9 Å². The van der Waals surface area contributed by atoms with E-state index in [1.807, 2.05) is 0 Å². The molecule has 1 aromatic heterocycles. The monoisotopic (exact) mass is 260 g/mol. The molecule has 2 nitrogen and oxygen atoms in total. The fourth-order valence-corrected chi connectivity index (χ4v) is 2.79. The van der Waals surface area contributed by atoms with E-state index in [-0.39, 0.29) is 0 Å². The number of thiazole rings is 1. The Balaban J connectivity index is 1.78. The Kier molecular flexibility index (Phi) is 3.35. The van der Waals surface area contributed by atoms with Crippen molar-refractivity contribution in [2.75, 3.05) is 0 Å². The maximum absolute atomic E-state index is 4.34. The first-order valence-electron chi connectivity index (χ1n) is 4.68. The lowest BCUT2D eigenvalue weighted by atomic mass is 10.2. The van der Waals surface area contributed by atoms with Crippen molar-refractivity contribution in [1.82, 2.24) is 10.3 Å². The summed E-state index contributed by atoms with van der Waals surface area (Å²) in [6, 6.07) is 0.737. The molecule has 0 bridgehead atoms. The number of nitrogens with one attached hydrogen (secondary N) is 1. The number of aromatic nitrogens is 1. The van der Waals surface area contributed by atoms with E-state index in [4.69, 9.17) is 0 Å². The summed E-state index contributed by atoms with van der Waals surface area (Å²) < 4.78 is 0.982. The molecule has 1 aromatic rings. The molecule has 1 saturated carbocycles. The second-order valence-electron chi connectivity index (χ2n) is 3.45. The van der Waals surface area contributed by atoms with Gasteiger partial charge in [0, 0.05) is 18.0 Å². The van der Waals surface area contributed by atoms with Gasteiger partial charge in [-0.15, -0.1) is 11.3 Å². The minimum atomic E-state index is 0.737. The smallest absolute Gasteiger partial charge is 0.159 e. The molecule has 0 unspecified atom stereocenters. The number of hydrogen-bond donors (Lipinski definition) is 1. The summed E-state index contributed by atoms with van der Waals surface area (Å²) in [5.74, 6) is 0. The minimum absolute atomic E-state index is 0.737. The van der Waals surface area contributed by atoms with E-state index in [2.05, 4.69) is 31.6 Å². The summed E-state index contributed by atoms with van der Waals surface area (Å²) in [4.78, 5) is 4.34. The Morgan fingerprint density at radius 2 is 2.31 bits per heavy atom. The van der Waals surface area contributed by atoms with Crippen molar-refractivity contribution in [1.29, 1.82) is 0 Å². The lowest BCUT2D eigenvalue weighted by Gasteiger charge is -2.09. The van der Waals surface area contributed by atoms with Crippen LogP contribution in [0.1, 0.15) is 31.4 Å². The van der Waals surface area contributed by atoms with Crippen LogP contribution in [0.3, 0.4) is 0 Å². The van der Waals surface area contributed by atoms with Gasteiger partial charge in [-0.1, -0.05) is 12.8 Å². The van der Waals surface area contributed by atoms with E-state index in [9.17, 15) is 0 Å². The summed E-state index contributed by atoms with van der Waals surface area (Å²) >= 11 is 5.02. The largest absolute Gasteiger partial charge is 0.308 e. The lowest BCUT2D eigenvalue weighted by Crippen LogP contribution is -2.25. The molecule has 4 heteroatoms. The van der Waals surface area contributed by atoms with Gasteiger partial charge in [0.15, 0.2) is 3.92 Å². The average Bonchev–Trinajstić information content (AvgIpc) is 2.71. The summed E-state index contributed by atoms with van der Waals surface area (Å²) in [6.45, 7) is 0.923. The highest BCUT2D eigenvalue weighted by Gasteiger charge is 2.14. The van der Waals surface area contributed by atoms with Crippen LogP contribution in [0.25, 0.3) is 0 Å². The topological polar surface area (TPSA) is 24.9 Å². The van der Waals surface area contributed by atoms with Gasteiger partial charge in [-0.05, 0) is 28.8 Å². The molecule has 1 aliphatic carbocycles. The second-order valence-corrected chi connectivity index (χ2v) is 5.59. The van der Waals surface area contributed by atoms with Gasteiger partial charge in [-0.2, -0.15) is 0 Å².